The van der Waals surface area contributed by atoms with E-state index in [1.165, 1.54) is 4.68 Å². The third-order valence-electron chi connectivity index (χ3n) is 3.44. The lowest BCUT2D eigenvalue weighted by Crippen LogP contribution is -2.37. The van der Waals surface area contributed by atoms with Crippen LogP contribution in [0, 0.1) is 18.3 Å². The zero-order valence-corrected chi connectivity index (χ0v) is 11.8. The van der Waals surface area contributed by atoms with Gasteiger partial charge in [0.1, 0.15) is 17.5 Å². The molecule has 7 heteroatoms. The molecule has 1 saturated heterocycles. The first kappa shape index (κ1) is 13.4. The summed E-state index contributed by atoms with van der Waals surface area (Å²) in [6.45, 7) is 4.62. The van der Waals surface area contributed by atoms with Crippen LogP contribution in [0.15, 0.2) is 18.3 Å². The summed E-state index contributed by atoms with van der Waals surface area (Å²) in [5.41, 5.74) is 7.53. The number of morpholine rings is 1. The molecule has 0 aliphatic carbocycles. The number of nitrogens with two attached hydrogens (primary N) is 1. The van der Waals surface area contributed by atoms with Crippen molar-refractivity contribution in [2.75, 3.05) is 36.9 Å². The largest absolute Gasteiger partial charge is 0.382 e. The molecule has 1 fully saturated rings. The normalized spacial score (nSPS) is 15.0. The number of rotatable bonds is 2. The first-order chi connectivity index (χ1) is 10.2. The number of ether oxygens (including phenoxy) is 1. The molecule has 1 aliphatic rings. The van der Waals surface area contributed by atoms with Crippen LogP contribution in [0.4, 0.5) is 11.6 Å². The fraction of sp³-hybridized carbons (Fsp3) is 0.357. The molecule has 3 heterocycles. The van der Waals surface area contributed by atoms with E-state index in [0.717, 1.165) is 5.56 Å². The highest BCUT2D eigenvalue weighted by Crippen LogP contribution is 2.27. The number of aryl methyl sites for hydroxylation is 1. The molecule has 0 spiro atoms. The van der Waals surface area contributed by atoms with Crippen molar-refractivity contribution in [1.29, 1.82) is 5.26 Å². The maximum Gasteiger partial charge on any atom is 0.171 e. The lowest BCUT2D eigenvalue weighted by atomic mass is 10.3. The summed E-state index contributed by atoms with van der Waals surface area (Å²) >= 11 is 0. The fourth-order valence-electron chi connectivity index (χ4n) is 2.33. The minimum atomic E-state index is 0.317. The van der Waals surface area contributed by atoms with Crippen LogP contribution < -0.4 is 10.6 Å². The zero-order valence-electron chi connectivity index (χ0n) is 11.8. The van der Waals surface area contributed by atoms with E-state index < -0.39 is 0 Å². The molecule has 0 radical (unpaired) electrons. The number of hydrogen-bond donors (Lipinski definition) is 1. The number of nitrogens with zero attached hydrogens (tertiary/aromatic N) is 5. The lowest BCUT2D eigenvalue weighted by Gasteiger charge is -2.26. The van der Waals surface area contributed by atoms with Crippen molar-refractivity contribution in [3.8, 4) is 11.9 Å². The molecular weight excluding hydrogens is 268 g/mol. The average Bonchev–Trinajstić information content (AvgIpc) is 2.85. The monoisotopic (exact) mass is 284 g/mol. The molecule has 2 N–H and O–H groups in total. The van der Waals surface area contributed by atoms with Crippen molar-refractivity contribution in [2.45, 2.75) is 6.92 Å². The number of anilines is 2. The Morgan fingerprint density at radius 1 is 1.38 bits per heavy atom. The Labute approximate surface area is 122 Å². The van der Waals surface area contributed by atoms with Gasteiger partial charge in [-0.1, -0.05) is 0 Å². The molecular formula is C14H16N6O. The van der Waals surface area contributed by atoms with Gasteiger partial charge in [-0.3, -0.25) is 0 Å². The van der Waals surface area contributed by atoms with E-state index in [-0.39, 0.29) is 0 Å². The van der Waals surface area contributed by atoms with E-state index in [1.807, 2.05) is 24.0 Å². The van der Waals surface area contributed by atoms with Gasteiger partial charge in [0.05, 0.1) is 13.2 Å². The second-order valence-corrected chi connectivity index (χ2v) is 4.90. The third-order valence-corrected chi connectivity index (χ3v) is 3.44. The van der Waals surface area contributed by atoms with Crippen molar-refractivity contribution >= 4 is 11.6 Å². The predicted molar refractivity (Wildman–Crippen MR) is 78.3 cm³/mol. The van der Waals surface area contributed by atoms with Gasteiger partial charge >= 0.3 is 0 Å². The molecule has 0 aromatic carbocycles. The number of aromatic nitrogens is 3. The van der Waals surface area contributed by atoms with E-state index >= 15 is 0 Å². The smallest absolute Gasteiger partial charge is 0.171 e. The Balaban J connectivity index is 2.07. The molecule has 0 atom stereocenters. The van der Waals surface area contributed by atoms with Gasteiger partial charge in [0.15, 0.2) is 11.6 Å². The average molecular weight is 284 g/mol. The van der Waals surface area contributed by atoms with E-state index in [9.17, 15) is 5.26 Å². The van der Waals surface area contributed by atoms with E-state index in [0.29, 0.717) is 49.3 Å². The van der Waals surface area contributed by atoms with Gasteiger partial charge in [0.25, 0.3) is 0 Å². The van der Waals surface area contributed by atoms with Crippen LogP contribution in [0.1, 0.15) is 11.1 Å². The van der Waals surface area contributed by atoms with Crippen LogP contribution in [0.2, 0.25) is 0 Å². The van der Waals surface area contributed by atoms with Gasteiger partial charge in [-0.15, -0.1) is 5.10 Å². The molecule has 21 heavy (non-hydrogen) atoms. The predicted octanol–water partition coefficient (Wildman–Crippen LogP) is 0.866. The molecule has 108 valence electrons. The Morgan fingerprint density at radius 2 is 2.14 bits per heavy atom. The molecule has 0 unspecified atom stereocenters. The number of nitrogen functional groups attached to an aromatic ring is 1. The molecule has 7 nitrogen and oxygen atoms in total. The molecule has 3 rings (SSSR count). The maximum absolute atomic E-state index is 9.38. The summed E-state index contributed by atoms with van der Waals surface area (Å²) in [5.74, 6) is 1.53. The summed E-state index contributed by atoms with van der Waals surface area (Å²) in [5, 5.41) is 13.9. The van der Waals surface area contributed by atoms with Crippen LogP contribution in [0.3, 0.4) is 0 Å². The summed E-state index contributed by atoms with van der Waals surface area (Å²) in [6.07, 6.45) is 1.70. The highest BCUT2D eigenvalue weighted by Gasteiger charge is 2.23. The Morgan fingerprint density at radius 3 is 2.81 bits per heavy atom. The van der Waals surface area contributed by atoms with Gasteiger partial charge in [-0.2, -0.15) is 9.94 Å². The maximum atomic E-state index is 9.38. The summed E-state index contributed by atoms with van der Waals surface area (Å²) in [6, 6.07) is 5.93. The van der Waals surface area contributed by atoms with Crippen LogP contribution >= 0.6 is 0 Å². The van der Waals surface area contributed by atoms with Crippen molar-refractivity contribution in [2.24, 2.45) is 0 Å². The molecule has 0 amide bonds. The van der Waals surface area contributed by atoms with Crippen molar-refractivity contribution in [1.82, 2.24) is 14.8 Å². The van der Waals surface area contributed by atoms with Crippen LogP contribution in [-0.4, -0.2) is 41.1 Å². The van der Waals surface area contributed by atoms with Gasteiger partial charge in [0, 0.05) is 19.3 Å². The second-order valence-electron chi connectivity index (χ2n) is 4.90. The summed E-state index contributed by atoms with van der Waals surface area (Å²) < 4.78 is 6.85. The number of nitriles is 1. The van der Waals surface area contributed by atoms with Crippen molar-refractivity contribution < 1.29 is 4.74 Å². The molecule has 0 bridgehead atoms. The van der Waals surface area contributed by atoms with Crippen LogP contribution in [-0.2, 0) is 4.74 Å². The first-order valence-corrected chi connectivity index (χ1v) is 6.75. The molecule has 2 aromatic heterocycles. The quantitative estimate of drug-likeness (QED) is 0.879. The second kappa shape index (κ2) is 5.42. The molecule has 1 aliphatic heterocycles. The van der Waals surface area contributed by atoms with Gasteiger partial charge in [0.2, 0.25) is 0 Å². The fourth-order valence-corrected chi connectivity index (χ4v) is 2.33. The standard InChI is InChI=1S/C14H16N6O/c1-10-2-3-17-12(8-10)20-13(16)11(9-15)14(18-20)19-4-6-21-7-5-19/h2-3,8H,4-7,16H2,1H3. The highest BCUT2D eigenvalue weighted by atomic mass is 16.5. The number of hydrogen-bond acceptors (Lipinski definition) is 6. The Bertz CT molecular complexity index is 696. The minimum Gasteiger partial charge on any atom is -0.382 e. The van der Waals surface area contributed by atoms with Crippen LogP contribution in [0.5, 0.6) is 0 Å². The lowest BCUT2D eigenvalue weighted by molar-refractivity contribution is 0.122. The first-order valence-electron chi connectivity index (χ1n) is 6.75. The van der Waals surface area contributed by atoms with Gasteiger partial charge in [-0.25, -0.2) is 4.98 Å². The van der Waals surface area contributed by atoms with E-state index in [2.05, 4.69) is 16.2 Å². The zero-order chi connectivity index (χ0) is 14.8. The van der Waals surface area contributed by atoms with Gasteiger partial charge in [-0.05, 0) is 24.6 Å². The van der Waals surface area contributed by atoms with Crippen molar-refractivity contribution in [3.05, 3.63) is 29.5 Å². The SMILES string of the molecule is Cc1ccnc(-n2nc(N3CCOCC3)c(C#N)c2N)c1. The highest BCUT2D eigenvalue weighted by molar-refractivity contribution is 5.66. The molecule has 2 aromatic rings. The van der Waals surface area contributed by atoms with E-state index in [4.69, 9.17) is 10.5 Å². The number of pyridine rings is 1. The minimum absolute atomic E-state index is 0.317. The van der Waals surface area contributed by atoms with Crippen LogP contribution in [0.25, 0.3) is 5.82 Å². The Hall–Kier alpha value is -2.59. The van der Waals surface area contributed by atoms with Gasteiger partial charge < -0.3 is 15.4 Å². The topological polar surface area (TPSA) is 93.0 Å². The molecule has 0 saturated carbocycles. The Kier molecular flexibility index (Phi) is 3.46. The summed E-state index contributed by atoms with van der Waals surface area (Å²) in [7, 11) is 0. The third kappa shape index (κ3) is 2.41. The van der Waals surface area contributed by atoms with E-state index in [1.54, 1.807) is 6.20 Å². The summed E-state index contributed by atoms with van der Waals surface area (Å²) in [4.78, 5) is 6.29. The van der Waals surface area contributed by atoms with Crippen molar-refractivity contribution in [3.63, 3.8) is 0 Å².